The van der Waals surface area contributed by atoms with E-state index in [1.54, 1.807) is 45.2 Å². The van der Waals surface area contributed by atoms with Crippen LogP contribution < -0.4 is 4.90 Å². The van der Waals surface area contributed by atoms with Gasteiger partial charge in [-0.1, -0.05) is 13.3 Å². The lowest BCUT2D eigenvalue weighted by atomic mass is 9.94. The molecular weight excluding hydrogens is 395 g/mol. The van der Waals surface area contributed by atoms with Crippen LogP contribution in [0.4, 0.5) is 15.0 Å². The van der Waals surface area contributed by atoms with Crippen molar-refractivity contribution in [1.82, 2.24) is 14.5 Å². The number of piperidine rings is 1. The smallest absolute Gasteiger partial charge is 0.420 e. The molecular formula is C24H29FN4O2. The molecule has 3 aromatic rings. The minimum Gasteiger partial charge on any atom is -0.443 e. The zero-order valence-electron chi connectivity index (χ0n) is 18.6. The summed E-state index contributed by atoms with van der Waals surface area (Å²) in [6, 6.07) is 8.89. The van der Waals surface area contributed by atoms with Crippen LogP contribution in [0, 0.1) is 11.9 Å². The Kier molecular flexibility index (Phi) is 5.69. The highest BCUT2D eigenvalue weighted by atomic mass is 19.1. The number of hydrogen-bond donors (Lipinski definition) is 0. The van der Waals surface area contributed by atoms with Crippen LogP contribution in [0.25, 0.3) is 22.3 Å². The maximum absolute atomic E-state index is 15.2. The molecule has 0 radical (unpaired) electrons. The molecule has 0 aromatic carbocycles. The number of halogens is 1. The van der Waals surface area contributed by atoms with Gasteiger partial charge in [-0.05, 0) is 69.9 Å². The van der Waals surface area contributed by atoms with Crippen molar-refractivity contribution >= 4 is 22.9 Å². The van der Waals surface area contributed by atoms with Crippen LogP contribution in [0.5, 0.6) is 0 Å². The molecule has 1 aliphatic heterocycles. The fourth-order valence-electron chi connectivity index (χ4n) is 4.09. The number of rotatable bonds is 3. The van der Waals surface area contributed by atoms with E-state index < -0.39 is 17.6 Å². The summed E-state index contributed by atoms with van der Waals surface area (Å²) >= 11 is 0. The molecule has 1 aliphatic rings. The van der Waals surface area contributed by atoms with E-state index in [4.69, 9.17) is 4.74 Å². The van der Waals surface area contributed by atoms with Crippen molar-refractivity contribution in [2.45, 2.75) is 52.6 Å². The highest BCUT2D eigenvalue weighted by Crippen LogP contribution is 2.31. The molecule has 4 heterocycles. The van der Waals surface area contributed by atoms with E-state index >= 15 is 4.39 Å². The topological polar surface area (TPSA) is 60.2 Å². The minimum atomic E-state index is -0.689. The highest BCUT2D eigenvalue weighted by Gasteiger charge is 2.26. The third-order valence-corrected chi connectivity index (χ3v) is 5.76. The summed E-state index contributed by atoms with van der Waals surface area (Å²) in [6.07, 6.45) is 4.38. The van der Waals surface area contributed by atoms with Gasteiger partial charge >= 0.3 is 6.09 Å². The van der Waals surface area contributed by atoms with Crippen LogP contribution in [0.2, 0.25) is 0 Å². The first kappa shape index (κ1) is 21.3. The van der Waals surface area contributed by atoms with Crippen LogP contribution >= 0.6 is 0 Å². The van der Waals surface area contributed by atoms with E-state index in [2.05, 4.69) is 21.8 Å². The average Bonchev–Trinajstić information content (AvgIpc) is 3.12. The Hall–Kier alpha value is -2.96. The van der Waals surface area contributed by atoms with Crippen LogP contribution in [-0.4, -0.2) is 39.3 Å². The van der Waals surface area contributed by atoms with Crippen molar-refractivity contribution in [2.24, 2.45) is 5.92 Å². The molecule has 0 saturated carbocycles. The molecule has 0 N–H and O–H groups in total. The lowest BCUT2D eigenvalue weighted by Gasteiger charge is -2.32. The molecule has 0 spiro atoms. The first-order valence-corrected chi connectivity index (χ1v) is 10.9. The second-order valence-corrected chi connectivity index (χ2v) is 9.11. The molecule has 0 bridgehead atoms. The van der Waals surface area contributed by atoms with Crippen molar-refractivity contribution in [3.63, 3.8) is 0 Å². The first-order chi connectivity index (χ1) is 14.8. The Morgan fingerprint density at radius 3 is 2.61 bits per heavy atom. The summed E-state index contributed by atoms with van der Waals surface area (Å²) < 4.78 is 22.1. The van der Waals surface area contributed by atoms with Crippen LogP contribution in [0.1, 0.15) is 47.0 Å². The van der Waals surface area contributed by atoms with Crippen molar-refractivity contribution in [3.05, 3.63) is 42.5 Å². The van der Waals surface area contributed by atoms with Gasteiger partial charge in [-0.2, -0.15) is 4.39 Å². The SMILES string of the molecule is CCC1CCN(c2ccc(-c3cc4cccnc4n3C(=O)OC(C)(C)C)c(F)n2)CC1. The Morgan fingerprint density at radius 2 is 1.97 bits per heavy atom. The number of carbonyl (C=O) groups excluding carboxylic acids is 1. The predicted octanol–water partition coefficient (Wildman–Crippen LogP) is 5.65. The van der Waals surface area contributed by atoms with Gasteiger partial charge in [0.05, 0.1) is 11.3 Å². The minimum absolute atomic E-state index is 0.246. The maximum atomic E-state index is 15.2. The van der Waals surface area contributed by atoms with Crippen LogP contribution in [0.3, 0.4) is 0 Å². The molecule has 7 heteroatoms. The van der Waals surface area contributed by atoms with Gasteiger partial charge in [0.2, 0.25) is 5.95 Å². The molecule has 4 rings (SSSR count). The summed E-state index contributed by atoms with van der Waals surface area (Å²) in [5.74, 6) is 0.758. The fraction of sp³-hybridized carbons (Fsp3) is 0.458. The van der Waals surface area contributed by atoms with Crippen molar-refractivity contribution < 1.29 is 13.9 Å². The second kappa shape index (κ2) is 8.29. The molecule has 1 fully saturated rings. The third-order valence-electron chi connectivity index (χ3n) is 5.76. The summed E-state index contributed by atoms with van der Waals surface area (Å²) in [7, 11) is 0. The number of carbonyl (C=O) groups is 1. The lowest BCUT2D eigenvalue weighted by Crippen LogP contribution is -2.34. The summed E-state index contributed by atoms with van der Waals surface area (Å²) in [5, 5.41) is 0.730. The zero-order valence-corrected chi connectivity index (χ0v) is 18.6. The Balaban J connectivity index is 1.72. The Labute approximate surface area is 182 Å². The van der Waals surface area contributed by atoms with Gasteiger partial charge in [0.1, 0.15) is 17.1 Å². The molecule has 164 valence electrons. The maximum Gasteiger partial charge on any atom is 0.420 e. The third kappa shape index (κ3) is 4.40. The largest absolute Gasteiger partial charge is 0.443 e. The number of ether oxygens (including phenoxy) is 1. The zero-order chi connectivity index (χ0) is 22.2. The van der Waals surface area contributed by atoms with E-state index in [-0.39, 0.29) is 5.56 Å². The number of anilines is 1. The van der Waals surface area contributed by atoms with E-state index in [0.717, 1.165) is 37.2 Å². The Morgan fingerprint density at radius 1 is 1.23 bits per heavy atom. The number of hydrogen-bond acceptors (Lipinski definition) is 5. The van der Waals surface area contributed by atoms with Crippen molar-refractivity contribution in [2.75, 3.05) is 18.0 Å². The molecule has 3 aromatic heterocycles. The molecule has 0 amide bonds. The van der Waals surface area contributed by atoms with Gasteiger partial charge in [0.15, 0.2) is 0 Å². The molecule has 0 atom stereocenters. The van der Waals surface area contributed by atoms with Gasteiger partial charge in [-0.25, -0.2) is 19.3 Å². The summed E-state index contributed by atoms with van der Waals surface area (Å²) in [4.78, 5) is 23.7. The monoisotopic (exact) mass is 424 g/mol. The van der Waals surface area contributed by atoms with Gasteiger partial charge in [-0.15, -0.1) is 0 Å². The van der Waals surface area contributed by atoms with E-state index in [1.165, 1.54) is 11.0 Å². The second-order valence-electron chi connectivity index (χ2n) is 9.11. The quantitative estimate of drug-likeness (QED) is 0.509. The van der Waals surface area contributed by atoms with Crippen molar-refractivity contribution in [1.29, 1.82) is 0 Å². The standard InChI is InChI=1S/C24H29FN4O2/c1-5-16-10-13-28(14-11-16)20-9-8-18(21(25)27-20)19-15-17-7-6-12-26-22(17)29(19)23(30)31-24(2,3)4/h6-9,12,15-16H,5,10-11,13-14H2,1-4H3. The Bertz CT molecular complexity index is 1090. The molecule has 31 heavy (non-hydrogen) atoms. The molecule has 0 unspecified atom stereocenters. The lowest BCUT2D eigenvalue weighted by molar-refractivity contribution is 0.0546. The summed E-state index contributed by atoms with van der Waals surface area (Å²) in [5.41, 5.74) is 0.363. The first-order valence-electron chi connectivity index (χ1n) is 10.9. The van der Waals surface area contributed by atoms with Crippen molar-refractivity contribution in [3.8, 4) is 11.3 Å². The number of fused-ring (bicyclic) bond motifs is 1. The molecule has 1 saturated heterocycles. The van der Waals surface area contributed by atoms with E-state index in [0.29, 0.717) is 17.2 Å². The number of nitrogens with zero attached hydrogens (tertiary/aromatic N) is 4. The fourth-order valence-corrected chi connectivity index (χ4v) is 4.09. The summed E-state index contributed by atoms with van der Waals surface area (Å²) in [6.45, 7) is 9.36. The number of pyridine rings is 2. The predicted molar refractivity (Wildman–Crippen MR) is 120 cm³/mol. The highest BCUT2D eigenvalue weighted by molar-refractivity contribution is 5.94. The van der Waals surface area contributed by atoms with E-state index in [1.807, 2.05) is 12.1 Å². The van der Waals surface area contributed by atoms with Gasteiger partial charge in [0.25, 0.3) is 0 Å². The normalized spacial score (nSPS) is 15.5. The van der Waals surface area contributed by atoms with Crippen LogP contribution in [0.15, 0.2) is 36.5 Å². The van der Waals surface area contributed by atoms with Gasteiger partial charge in [0, 0.05) is 24.7 Å². The molecule has 0 aliphatic carbocycles. The molecule has 6 nitrogen and oxygen atoms in total. The average molecular weight is 425 g/mol. The van der Waals surface area contributed by atoms with Crippen LogP contribution in [-0.2, 0) is 4.74 Å². The van der Waals surface area contributed by atoms with Gasteiger partial charge < -0.3 is 9.64 Å². The number of aromatic nitrogens is 3. The van der Waals surface area contributed by atoms with Gasteiger partial charge in [-0.3, -0.25) is 0 Å². The van der Waals surface area contributed by atoms with E-state index in [9.17, 15) is 4.79 Å².